The minimum Gasteiger partial charge on any atom is -0.353 e. The molecule has 0 radical (unpaired) electrons. The quantitative estimate of drug-likeness (QED) is 0.705. The molecule has 6 nitrogen and oxygen atoms in total. The molecule has 1 aromatic carbocycles. The van der Waals surface area contributed by atoms with E-state index >= 15 is 0 Å². The molecule has 2 fully saturated rings. The first-order valence-corrected chi connectivity index (χ1v) is 11.1. The van der Waals surface area contributed by atoms with Crippen molar-refractivity contribution in [3.63, 3.8) is 0 Å². The maximum atomic E-state index is 12.8. The van der Waals surface area contributed by atoms with Crippen LogP contribution in [0.2, 0.25) is 0 Å². The summed E-state index contributed by atoms with van der Waals surface area (Å²) < 4.78 is 0. The molecular weight excluding hydrogens is 382 g/mol. The lowest BCUT2D eigenvalue weighted by molar-refractivity contribution is -0.125. The molecule has 29 heavy (non-hydrogen) atoms. The first-order chi connectivity index (χ1) is 14.2. The number of anilines is 1. The molecule has 3 heterocycles. The summed E-state index contributed by atoms with van der Waals surface area (Å²) in [5.74, 6) is 1.14. The normalized spacial score (nSPS) is 19.1. The number of piperazine rings is 1. The Morgan fingerprint density at radius 3 is 2.59 bits per heavy atom. The fourth-order valence-corrected chi connectivity index (χ4v) is 5.16. The number of hydrogen-bond acceptors (Lipinski definition) is 6. The Labute approximate surface area is 174 Å². The first kappa shape index (κ1) is 18.5. The van der Waals surface area contributed by atoms with Crippen molar-refractivity contribution in [2.75, 3.05) is 37.6 Å². The number of nitrogens with one attached hydrogen (secondary N) is 1. The molecule has 1 N–H and O–H groups in total. The van der Waals surface area contributed by atoms with Crippen molar-refractivity contribution in [2.24, 2.45) is 0 Å². The number of rotatable bonds is 5. The van der Waals surface area contributed by atoms with Gasteiger partial charge in [0.05, 0.1) is 17.5 Å². The molecule has 1 saturated carbocycles. The van der Waals surface area contributed by atoms with E-state index in [1.807, 2.05) is 6.07 Å². The molecule has 0 spiro atoms. The average molecular weight is 408 g/mol. The molecule has 1 aliphatic heterocycles. The lowest BCUT2D eigenvalue weighted by atomic mass is 9.72. The second-order valence-corrected chi connectivity index (χ2v) is 8.84. The molecule has 2 aromatic heterocycles. The number of benzene rings is 1. The summed E-state index contributed by atoms with van der Waals surface area (Å²) in [6.45, 7) is 3.93. The predicted octanol–water partition coefficient (Wildman–Crippen LogP) is 3.01. The van der Waals surface area contributed by atoms with Crippen LogP contribution in [0, 0.1) is 0 Å². The van der Waals surface area contributed by atoms with Gasteiger partial charge in [-0.15, -0.1) is 11.3 Å². The number of carbonyl (C=O) groups excluding carboxylic acids is 1. The van der Waals surface area contributed by atoms with E-state index in [4.69, 9.17) is 0 Å². The highest BCUT2D eigenvalue weighted by Crippen LogP contribution is 2.41. The number of amides is 1. The highest BCUT2D eigenvalue weighted by atomic mass is 32.1. The van der Waals surface area contributed by atoms with Crippen molar-refractivity contribution in [2.45, 2.75) is 24.8 Å². The molecule has 150 valence electrons. The average Bonchev–Trinajstić information content (AvgIpc) is 3.21. The molecule has 1 saturated heterocycles. The zero-order chi connectivity index (χ0) is 19.7. The monoisotopic (exact) mass is 407 g/mol. The Balaban J connectivity index is 1.19. The minimum absolute atomic E-state index is 0.129. The van der Waals surface area contributed by atoms with Gasteiger partial charge in [-0.1, -0.05) is 30.3 Å². The number of fused-ring (bicyclic) bond motifs is 1. The maximum absolute atomic E-state index is 12.8. The third-order valence-electron chi connectivity index (χ3n) is 6.19. The number of carbonyl (C=O) groups is 1. The van der Waals surface area contributed by atoms with Gasteiger partial charge >= 0.3 is 0 Å². The van der Waals surface area contributed by atoms with Crippen LogP contribution in [-0.2, 0) is 10.3 Å². The molecule has 0 bridgehead atoms. The van der Waals surface area contributed by atoms with Gasteiger partial charge in [-0.05, 0) is 36.3 Å². The maximum Gasteiger partial charge on any atom is 0.234 e. The van der Waals surface area contributed by atoms with E-state index in [9.17, 15) is 4.79 Å². The molecule has 7 heteroatoms. The number of aromatic nitrogens is 2. The molecule has 5 rings (SSSR count). The van der Waals surface area contributed by atoms with E-state index in [0.29, 0.717) is 6.54 Å². The zero-order valence-electron chi connectivity index (χ0n) is 16.4. The summed E-state index contributed by atoms with van der Waals surface area (Å²) in [6.07, 6.45) is 4.88. The third-order valence-corrected chi connectivity index (χ3v) is 7.01. The van der Waals surface area contributed by atoms with Crippen LogP contribution in [0.5, 0.6) is 0 Å². The first-order valence-electron chi connectivity index (χ1n) is 10.3. The third kappa shape index (κ3) is 3.60. The van der Waals surface area contributed by atoms with E-state index in [1.54, 1.807) is 17.7 Å². The fraction of sp³-hybridized carbons (Fsp3) is 0.409. The van der Waals surface area contributed by atoms with E-state index < -0.39 is 0 Å². The molecule has 0 atom stereocenters. The van der Waals surface area contributed by atoms with Crippen LogP contribution in [0.15, 0.2) is 48.1 Å². The summed E-state index contributed by atoms with van der Waals surface area (Å²) in [7, 11) is 0. The van der Waals surface area contributed by atoms with Gasteiger partial charge in [-0.25, -0.2) is 9.97 Å². The van der Waals surface area contributed by atoms with Crippen LogP contribution in [-0.4, -0.2) is 53.5 Å². The van der Waals surface area contributed by atoms with Crippen LogP contribution in [0.25, 0.3) is 10.2 Å². The van der Waals surface area contributed by atoms with Crippen molar-refractivity contribution in [1.82, 2.24) is 20.2 Å². The standard InChI is InChI=1S/C22H25N5OS/c28-19(25-22(8-4-9-22)17-5-2-1-3-6-17)15-26-10-12-27(13-11-26)20-18-7-14-29-21(18)24-16-23-20/h1-3,5-7,14,16H,4,8-13,15H2,(H,25,28). The number of hydrogen-bond donors (Lipinski definition) is 1. The predicted molar refractivity (Wildman–Crippen MR) is 116 cm³/mol. The Morgan fingerprint density at radius 2 is 1.86 bits per heavy atom. The van der Waals surface area contributed by atoms with Gasteiger partial charge in [-0.3, -0.25) is 9.69 Å². The SMILES string of the molecule is O=C(CN1CCN(c2ncnc3sccc23)CC1)NC1(c2ccccc2)CCC1. The lowest BCUT2D eigenvalue weighted by Crippen LogP contribution is -2.55. The Bertz CT molecular complexity index is 993. The van der Waals surface area contributed by atoms with E-state index in [-0.39, 0.29) is 11.4 Å². The summed E-state index contributed by atoms with van der Waals surface area (Å²) >= 11 is 1.64. The van der Waals surface area contributed by atoms with Gasteiger partial charge in [0.1, 0.15) is 17.0 Å². The number of nitrogens with zero attached hydrogens (tertiary/aromatic N) is 4. The topological polar surface area (TPSA) is 61.4 Å². The van der Waals surface area contributed by atoms with Gasteiger partial charge in [0.25, 0.3) is 0 Å². The molecule has 3 aromatic rings. The van der Waals surface area contributed by atoms with Crippen LogP contribution < -0.4 is 10.2 Å². The Hall–Kier alpha value is -2.51. The summed E-state index contributed by atoms with van der Waals surface area (Å²) in [5.41, 5.74) is 1.07. The highest BCUT2D eigenvalue weighted by molar-refractivity contribution is 7.16. The molecular formula is C22H25N5OS. The Morgan fingerprint density at radius 1 is 1.07 bits per heavy atom. The van der Waals surface area contributed by atoms with Crippen LogP contribution in [0.4, 0.5) is 5.82 Å². The molecule has 2 aliphatic rings. The van der Waals surface area contributed by atoms with Gasteiger partial charge < -0.3 is 10.2 Å². The smallest absolute Gasteiger partial charge is 0.234 e. The second kappa shape index (κ2) is 7.72. The van der Waals surface area contributed by atoms with Crippen LogP contribution in [0.1, 0.15) is 24.8 Å². The van der Waals surface area contributed by atoms with Crippen molar-refractivity contribution in [3.05, 3.63) is 53.7 Å². The van der Waals surface area contributed by atoms with Crippen molar-refractivity contribution in [3.8, 4) is 0 Å². The second-order valence-electron chi connectivity index (χ2n) is 7.95. The zero-order valence-corrected chi connectivity index (χ0v) is 17.2. The van der Waals surface area contributed by atoms with Crippen LogP contribution in [0.3, 0.4) is 0 Å². The molecule has 1 amide bonds. The Kier molecular flexibility index (Phi) is 4.93. The van der Waals surface area contributed by atoms with E-state index in [2.05, 4.69) is 60.8 Å². The molecule has 0 unspecified atom stereocenters. The molecule has 1 aliphatic carbocycles. The summed E-state index contributed by atoms with van der Waals surface area (Å²) in [6, 6.07) is 12.5. The van der Waals surface area contributed by atoms with Crippen molar-refractivity contribution < 1.29 is 4.79 Å². The summed E-state index contributed by atoms with van der Waals surface area (Å²) in [4.78, 5) is 27.2. The van der Waals surface area contributed by atoms with Gasteiger partial charge in [0, 0.05) is 26.2 Å². The highest BCUT2D eigenvalue weighted by Gasteiger charge is 2.40. The van der Waals surface area contributed by atoms with Gasteiger partial charge in [-0.2, -0.15) is 0 Å². The fourth-order valence-electron chi connectivity index (χ4n) is 4.43. The van der Waals surface area contributed by atoms with E-state index in [0.717, 1.165) is 55.1 Å². The largest absolute Gasteiger partial charge is 0.353 e. The number of thiophene rings is 1. The van der Waals surface area contributed by atoms with Gasteiger partial charge in [0.2, 0.25) is 5.91 Å². The van der Waals surface area contributed by atoms with Crippen molar-refractivity contribution >= 4 is 33.3 Å². The van der Waals surface area contributed by atoms with Crippen molar-refractivity contribution in [1.29, 1.82) is 0 Å². The summed E-state index contributed by atoms with van der Waals surface area (Å²) in [5, 5.41) is 6.53. The minimum atomic E-state index is -0.161. The van der Waals surface area contributed by atoms with E-state index in [1.165, 1.54) is 12.0 Å². The van der Waals surface area contributed by atoms with Gasteiger partial charge in [0.15, 0.2) is 0 Å². The van der Waals surface area contributed by atoms with Crippen LogP contribution >= 0.6 is 11.3 Å². The lowest BCUT2D eigenvalue weighted by Gasteiger charge is -2.44.